The number of amides is 2. The summed E-state index contributed by atoms with van der Waals surface area (Å²) in [5.74, 6) is -0.592. The standard InChI is InChI=1S/C32H40ClN3O4S/c1-23(2)25-16-18-27(19-17-25)36(41(6,39)40)22-30(37)35(21-26-14-10-11-15-28(26)33)29(31(38)34-32(3,4)5)20-24-12-8-7-9-13-24/h7-19,23,29H,20-22H2,1-6H3,(H,34,38)/t29-/m1/s1. The van der Waals surface area contributed by atoms with E-state index in [1.165, 1.54) is 4.90 Å². The smallest absolute Gasteiger partial charge is 0.244 e. The van der Waals surface area contributed by atoms with Crippen LogP contribution in [0.3, 0.4) is 0 Å². The molecule has 3 rings (SSSR count). The number of benzene rings is 3. The number of nitrogens with one attached hydrogen (secondary N) is 1. The van der Waals surface area contributed by atoms with E-state index in [1.807, 2.05) is 69.3 Å². The lowest BCUT2D eigenvalue weighted by Gasteiger charge is -2.35. The summed E-state index contributed by atoms with van der Waals surface area (Å²) in [5.41, 5.74) is 2.39. The zero-order chi connectivity index (χ0) is 30.4. The van der Waals surface area contributed by atoms with Crippen molar-refractivity contribution in [1.29, 1.82) is 0 Å². The summed E-state index contributed by atoms with van der Waals surface area (Å²) < 4.78 is 27.0. The van der Waals surface area contributed by atoms with Crippen LogP contribution < -0.4 is 9.62 Å². The maximum absolute atomic E-state index is 14.2. The predicted octanol–water partition coefficient (Wildman–Crippen LogP) is 5.78. The molecule has 0 saturated heterocycles. The van der Waals surface area contributed by atoms with Crippen molar-refractivity contribution in [1.82, 2.24) is 10.2 Å². The van der Waals surface area contributed by atoms with Gasteiger partial charge in [-0.1, -0.05) is 86.1 Å². The molecule has 0 aliphatic carbocycles. The molecule has 0 saturated carbocycles. The Labute approximate surface area is 249 Å². The molecule has 1 atom stereocenters. The van der Waals surface area contributed by atoms with Gasteiger partial charge in [0.25, 0.3) is 0 Å². The van der Waals surface area contributed by atoms with E-state index in [1.54, 1.807) is 30.3 Å². The lowest BCUT2D eigenvalue weighted by Crippen LogP contribution is -2.56. The zero-order valence-corrected chi connectivity index (χ0v) is 26.2. The summed E-state index contributed by atoms with van der Waals surface area (Å²) in [5, 5.41) is 3.46. The highest BCUT2D eigenvalue weighted by atomic mass is 35.5. The summed E-state index contributed by atoms with van der Waals surface area (Å²) in [4.78, 5) is 29.4. The summed E-state index contributed by atoms with van der Waals surface area (Å²) >= 11 is 6.49. The van der Waals surface area contributed by atoms with Crippen LogP contribution in [-0.4, -0.2) is 49.5 Å². The van der Waals surface area contributed by atoms with Gasteiger partial charge in [-0.15, -0.1) is 0 Å². The third-order valence-corrected chi connectivity index (χ3v) is 8.10. The average molecular weight is 598 g/mol. The van der Waals surface area contributed by atoms with Gasteiger partial charge < -0.3 is 10.2 Å². The van der Waals surface area contributed by atoms with Crippen molar-refractivity contribution in [2.45, 2.75) is 65.1 Å². The van der Waals surface area contributed by atoms with Gasteiger partial charge in [0, 0.05) is 23.5 Å². The SMILES string of the molecule is CC(C)c1ccc(N(CC(=O)N(Cc2ccccc2Cl)[C@H](Cc2ccccc2)C(=O)NC(C)(C)C)S(C)(=O)=O)cc1. The first-order valence-corrected chi connectivity index (χ1v) is 15.8. The molecule has 7 nitrogen and oxygen atoms in total. The molecule has 2 amide bonds. The van der Waals surface area contributed by atoms with E-state index in [0.29, 0.717) is 16.3 Å². The number of carbonyl (C=O) groups is 2. The van der Waals surface area contributed by atoms with E-state index in [4.69, 9.17) is 11.6 Å². The maximum atomic E-state index is 14.2. The molecule has 41 heavy (non-hydrogen) atoms. The Balaban J connectivity index is 2.07. The van der Waals surface area contributed by atoms with Crippen molar-refractivity contribution in [3.05, 3.63) is 101 Å². The summed E-state index contributed by atoms with van der Waals surface area (Å²) in [7, 11) is -3.84. The van der Waals surface area contributed by atoms with Crippen LogP contribution in [0.2, 0.25) is 5.02 Å². The second-order valence-corrected chi connectivity index (χ2v) is 13.9. The number of anilines is 1. The number of halogens is 1. The Bertz CT molecular complexity index is 1440. The van der Waals surface area contributed by atoms with Crippen LogP contribution in [0, 0.1) is 0 Å². The first-order valence-electron chi connectivity index (χ1n) is 13.6. The van der Waals surface area contributed by atoms with Crippen LogP contribution >= 0.6 is 11.6 Å². The van der Waals surface area contributed by atoms with Crippen molar-refractivity contribution in [2.75, 3.05) is 17.1 Å². The molecule has 3 aromatic rings. The topological polar surface area (TPSA) is 86.8 Å². The molecule has 0 heterocycles. The molecule has 0 bridgehead atoms. The third kappa shape index (κ3) is 9.33. The van der Waals surface area contributed by atoms with Gasteiger partial charge in [0.2, 0.25) is 21.8 Å². The van der Waals surface area contributed by atoms with Crippen molar-refractivity contribution in [3.8, 4) is 0 Å². The van der Waals surface area contributed by atoms with Crippen LogP contribution in [0.15, 0.2) is 78.9 Å². The second-order valence-electron chi connectivity index (χ2n) is 11.6. The Morgan fingerprint density at radius 2 is 1.49 bits per heavy atom. The van der Waals surface area contributed by atoms with E-state index in [9.17, 15) is 18.0 Å². The first-order chi connectivity index (χ1) is 19.2. The van der Waals surface area contributed by atoms with E-state index < -0.39 is 34.1 Å². The number of rotatable bonds is 11. The third-order valence-electron chi connectivity index (χ3n) is 6.59. The van der Waals surface area contributed by atoms with Crippen molar-refractivity contribution < 1.29 is 18.0 Å². The molecule has 220 valence electrons. The largest absolute Gasteiger partial charge is 0.350 e. The Morgan fingerprint density at radius 3 is 2.02 bits per heavy atom. The fraction of sp³-hybridized carbons (Fsp3) is 0.375. The van der Waals surface area contributed by atoms with Crippen molar-refractivity contribution >= 4 is 39.1 Å². The minimum absolute atomic E-state index is 0.0253. The van der Waals surface area contributed by atoms with Crippen LogP contribution in [-0.2, 0) is 32.6 Å². The molecule has 0 aliphatic rings. The molecule has 1 N–H and O–H groups in total. The summed E-state index contributed by atoms with van der Waals surface area (Å²) in [6.45, 7) is 9.27. The summed E-state index contributed by atoms with van der Waals surface area (Å²) in [6, 6.07) is 22.7. The van der Waals surface area contributed by atoms with Gasteiger partial charge in [-0.25, -0.2) is 8.42 Å². The molecule has 9 heteroatoms. The van der Waals surface area contributed by atoms with Gasteiger partial charge in [-0.05, 0) is 61.6 Å². The Morgan fingerprint density at radius 1 is 0.902 bits per heavy atom. The van der Waals surface area contributed by atoms with Crippen LogP contribution in [0.5, 0.6) is 0 Å². The normalized spacial score (nSPS) is 12.6. The average Bonchev–Trinajstić information content (AvgIpc) is 2.89. The molecule has 0 aromatic heterocycles. The van der Waals surface area contributed by atoms with E-state index in [-0.39, 0.29) is 24.8 Å². The fourth-order valence-corrected chi connectivity index (χ4v) is 5.50. The van der Waals surface area contributed by atoms with Gasteiger partial charge in [-0.3, -0.25) is 13.9 Å². The summed E-state index contributed by atoms with van der Waals surface area (Å²) in [6.07, 6.45) is 1.31. The van der Waals surface area contributed by atoms with Crippen molar-refractivity contribution in [3.63, 3.8) is 0 Å². The highest BCUT2D eigenvalue weighted by Crippen LogP contribution is 2.25. The van der Waals surface area contributed by atoms with Gasteiger partial charge in [0.15, 0.2) is 0 Å². The maximum Gasteiger partial charge on any atom is 0.244 e. The Kier molecular flexibility index (Phi) is 10.6. The lowest BCUT2D eigenvalue weighted by atomic mass is 10.0. The highest BCUT2D eigenvalue weighted by Gasteiger charge is 2.34. The number of hydrogen-bond donors (Lipinski definition) is 1. The molecule has 3 aromatic carbocycles. The van der Waals surface area contributed by atoms with E-state index >= 15 is 0 Å². The fourth-order valence-electron chi connectivity index (χ4n) is 4.46. The molecule has 0 fully saturated rings. The Hall–Kier alpha value is -3.36. The number of nitrogens with zero attached hydrogens (tertiary/aromatic N) is 2. The van der Waals surface area contributed by atoms with Crippen molar-refractivity contribution in [2.24, 2.45) is 0 Å². The van der Waals surface area contributed by atoms with Gasteiger partial charge >= 0.3 is 0 Å². The van der Waals surface area contributed by atoms with Crippen LogP contribution in [0.25, 0.3) is 0 Å². The quantitative estimate of drug-likeness (QED) is 0.303. The predicted molar refractivity (Wildman–Crippen MR) is 167 cm³/mol. The zero-order valence-electron chi connectivity index (χ0n) is 24.6. The van der Waals surface area contributed by atoms with E-state index in [2.05, 4.69) is 19.2 Å². The highest BCUT2D eigenvalue weighted by molar-refractivity contribution is 7.92. The second kappa shape index (κ2) is 13.5. The van der Waals surface area contributed by atoms with Crippen LogP contribution in [0.4, 0.5) is 5.69 Å². The van der Waals surface area contributed by atoms with Gasteiger partial charge in [0.05, 0.1) is 11.9 Å². The number of hydrogen-bond acceptors (Lipinski definition) is 4. The lowest BCUT2D eigenvalue weighted by molar-refractivity contribution is -0.140. The molecule has 0 radical (unpaired) electrons. The van der Waals surface area contributed by atoms with Crippen LogP contribution in [0.1, 0.15) is 57.2 Å². The molecule has 0 unspecified atom stereocenters. The first kappa shape index (κ1) is 32.2. The van der Waals surface area contributed by atoms with Gasteiger partial charge in [0.1, 0.15) is 12.6 Å². The van der Waals surface area contributed by atoms with Gasteiger partial charge in [-0.2, -0.15) is 0 Å². The monoisotopic (exact) mass is 597 g/mol. The number of sulfonamides is 1. The molecular formula is C32H40ClN3O4S. The minimum atomic E-state index is -3.84. The minimum Gasteiger partial charge on any atom is -0.350 e. The molecule has 0 spiro atoms. The number of carbonyl (C=O) groups excluding carboxylic acids is 2. The van der Waals surface area contributed by atoms with E-state index in [0.717, 1.165) is 21.7 Å². The molecular weight excluding hydrogens is 558 g/mol. The molecule has 0 aliphatic heterocycles.